The Morgan fingerprint density at radius 3 is 2.61 bits per heavy atom. The van der Waals surface area contributed by atoms with Crippen LogP contribution in [0.4, 0.5) is 0 Å². The largest absolute Gasteiger partial charge is 0.424 e. The second-order valence-corrected chi connectivity index (χ2v) is 7.95. The molecule has 6 heteroatoms. The maximum atomic E-state index is 12.5. The van der Waals surface area contributed by atoms with Gasteiger partial charge in [-0.1, -0.05) is 39.7 Å². The molecule has 2 aromatic rings. The number of nitrogens with one attached hydrogen (secondary N) is 2. The van der Waals surface area contributed by atoms with Gasteiger partial charge in [-0.25, -0.2) is 0 Å². The van der Waals surface area contributed by atoms with E-state index in [0.29, 0.717) is 22.2 Å². The number of aliphatic hydroxyl groups excluding tert-OH is 1. The molecule has 0 bridgehead atoms. The zero-order valence-corrected chi connectivity index (χ0v) is 16.8. The highest BCUT2D eigenvalue weighted by atomic mass is 16.5. The molecule has 6 nitrogen and oxygen atoms in total. The van der Waals surface area contributed by atoms with Gasteiger partial charge in [0.05, 0.1) is 17.5 Å². The van der Waals surface area contributed by atoms with Crippen LogP contribution in [0.25, 0.3) is 10.9 Å². The number of H-pyrrole nitrogens is 1. The van der Waals surface area contributed by atoms with E-state index in [9.17, 15) is 14.7 Å². The van der Waals surface area contributed by atoms with Gasteiger partial charge in [0.1, 0.15) is 0 Å². The maximum Gasteiger partial charge on any atom is 0.314 e. The predicted octanol–water partition coefficient (Wildman–Crippen LogP) is 3.43. The summed E-state index contributed by atoms with van der Waals surface area (Å²) in [5.74, 6) is 0.0191. The first-order valence-corrected chi connectivity index (χ1v) is 10.2. The van der Waals surface area contributed by atoms with Crippen molar-refractivity contribution in [1.29, 1.82) is 0 Å². The van der Waals surface area contributed by atoms with Crippen molar-refractivity contribution >= 4 is 16.9 Å². The van der Waals surface area contributed by atoms with Crippen LogP contribution in [0.3, 0.4) is 0 Å². The topological polar surface area (TPSA) is 91.4 Å². The normalized spacial score (nSPS) is 17.2. The number of ether oxygens (including phenoxy) is 1. The summed E-state index contributed by atoms with van der Waals surface area (Å²) in [6.07, 6.45) is 3.79. The molecule has 1 aliphatic rings. The van der Waals surface area contributed by atoms with Crippen molar-refractivity contribution in [3.8, 4) is 5.75 Å². The van der Waals surface area contributed by atoms with E-state index >= 15 is 0 Å². The third kappa shape index (κ3) is 4.45. The molecule has 0 saturated heterocycles. The number of carbonyl (C=O) groups excluding carboxylic acids is 1. The molecule has 28 heavy (non-hydrogen) atoms. The average Bonchev–Trinajstić information content (AvgIpc) is 3.20. The van der Waals surface area contributed by atoms with E-state index < -0.39 is 6.10 Å². The van der Waals surface area contributed by atoms with Gasteiger partial charge in [0, 0.05) is 23.5 Å². The Hall–Kier alpha value is -2.18. The van der Waals surface area contributed by atoms with Gasteiger partial charge in [0.15, 0.2) is 5.75 Å². The molecule has 0 amide bonds. The molecule has 1 fully saturated rings. The lowest BCUT2D eigenvalue weighted by molar-refractivity contribution is -0.138. The monoisotopic (exact) mass is 386 g/mol. The van der Waals surface area contributed by atoms with Gasteiger partial charge in [-0.2, -0.15) is 0 Å². The summed E-state index contributed by atoms with van der Waals surface area (Å²) in [6, 6.07) is 6.68. The molecule has 0 spiro atoms. The highest BCUT2D eigenvalue weighted by Gasteiger charge is 2.27. The van der Waals surface area contributed by atoms with Crippen LogP contribution < -0.4 is 15.6 Å². The van der Waals surface area contributed by atoms with E-state index in [1.807, 2.05) is 20.8 Å². The van der Waals surface area contributed by atoms with Crippen LogP contribution in [0.2, 0.25) is 0 Å². The standard InChI is InChI=1S/C22H30N2O4/c1-4-17(23-13(2)3)21(26)16-9-11-18(20-15(16)10-12-19(25)24-20)28-22(27)14-7-5-6-8-14/h9-14,17,21,23,26H,4-8H2,1-3H3,(H,24,25). The lowest BCUT2D eigenvalue weighted by atomic mass is 9.95. The van der Waals surface area contributed by atoms with Gasteiger partial charge in [0.2, 0.25) is 5.56 Å². The number of esters is 1. The van der Waals surface area contributed by atoms with Crippen molar-refractivity contribution in [2.45, 2.75) is 71.1 Å². The second-order valence-electron chi connectivity index (χ2n) is 7.95. The number of hydrogen-bond donors (Lipinski definition) is 3. The average molecular weight is 386 g/mol. The molecule has 1 heterocycles. The molecule has 1 aromatic carbocycles. The Bertz CT molecular complexity index is 884. The third-order valence-corrected chi connectivity index (χ3v) is 5.48. The number of pyridine rings is 1. The van der Waals surface area contributed by atoms with E-state index in [1.54, 1.807) is 18.2 Å². The molecule has 1 aromatic heterocycles. The Labute approximate surface area is 165 Å². The lowest BCUT2D eigenvalue weighted by Crippen LogP contribution is -2.39. The molecular formula is C22H30N2O4. The zero-order chi connectivity index (χ0) is 20.3. The van der Waals surface area contributed by atoms with E-state index in [1.165, 1.54) is 6.07 Å². The second kappa shape index (κ2) is 8.88. The number of fused-ring (bicyclic) bond motifs is 1. The number of aliphatic hydroxyl groups is 1. The number of carbonyl (C=O) groups is 1. The van der Waals surface area contributed by atoms with Crippen LogP contribution in [-0.4, -0.2) is 28.1 Å². The highest BCUT2D eigenvalue weighted by Crippen LogP contribution is 2.33. The molecular weight excluding hydrogens is 356 g/mol. The van der Waals surface area contributed by atoms with Gasteiger partial charge in [-0.3, -0.25) is 9.59 Å². The zero-order valence-electron chi connectivity index (χ0n) is 16.8. The predicted molar refractivity (Wildman–Crippen MR) is 109 cm³/mol. The quantitative estimate of drug-likeness (QED) is 0.501. The Kier molecular flexibility index (Phi) is 6.52. The fourth-order valence-electron chi connectivity index (χ4n) is 4.02. The van der Waals surface area contributed by atoms with Crippen LogP contribution in [-0.2, 0) is 4.79 Å². The highest BCUT2D eigenvalue weighted by molar-refractivity contribution is 5.90. The minimum absolute atomic E-state index is 0.0736. The Morgan fingerprint density at radius 1 is 1.25 bits per heavy atom. The van der Waals surface area contributed by atoms with E-state index in [4.69, 9.17) is 4.74 Å². The summed E-state index contributed by atoms with van der Waals surface area (Å²) in [5.41, 5.74) is 0.881. The number of hydrogen-bond acceptors (Lipinski definition) is 5. The molecule has 1 aliphatic carbocycles. The van der Waals surface area contributed by atoms with Crippen molar-refractivity contribution in [2.75, 3.05) is 0 Å². The van der Waals surface area contributed by atoms with Crippen molar-refractivity contribution < 1.29 is 14.6 Å². The van der Waals surface area contributed by atoms with Crippen LogP contribution in [0.15, 0.2) is 29.1 Å². The smallest absolute Gasteiger partial charge is 0.314 e. The van der Waals surface area contributed by atoms with Crippen LogP contribution in [0.5, 0.6) is 5.75 Å². The molecule has 0 radical (unpaired) electrons. The minimum atomic E-state index is -0.750. The van der Waals surface area contributed by atoms with Gasteiger partial charge in [-0.05, 0) is 37.0 Å². The first kappa shape index (κ1) is 20.6. The lowest BCUT2D eigenvalue weighted by Gasteiger charge is -2.26. The summed E-state index contributed by atoms with van der Waals surface area (Å²) >= 11 is 0. The first-order valence-electron chi connectivity index (χ1n) is 10.2. The van der Waals surface area contributed by atoms with Gasteiger partial charge in [-0.15, -0.1) is 0 Å². The summed E-state index contributed by atoms with van der Waals surface area (Å²) in [5, 5.41) is 15.0. The first-order chi connectivity index (χ1) is 13.4. The summed E-state index contributed by atoms with van der Waals surface area (Å²) in [4.78, 5) is 27.2. The molecule has 3 N–H and O–H groups in total. The molecule has 2 unspecified atom stereocenters. The minimum Gasteiger partial charge on any atom is -0.424 e. The molecule has 3 rings (SSSR count). The SMILES string of the molecule is CCC(NC(C)C)C(O)c1ccc(OC(=O)C2CCCC2)c2[nH]c(=O)ccc12. The molecule has 2 atom stereocenters. The van der Waals surface area contributed by atoms with Crippen LogP contribution >= 0.6 is 0 Å². The number of aromatic nitrogens is 1. The van der Waals surface area contributed by atoms with E-state index in [2.05, 4.69) is 10.3 Å². The van der Waals surface area contributed by atoms with Gasteiger partial charge >= 0.3 is 5.97 Å². The van der Waals surface area contributed by atoms with Gasteiger partial charge < -0.3 is 20.1 Å². The summed E-state index contributed by atoms with van der Waals surface area (Å²) in [7, 11) is 0. The fraction of sp³-hybridized carbons (Fsp3) is 0.545. The maximum absolute atomic E-state index is 12.5. The van der Waals surface area contributed by atoms with Crippen molar-refractivity contribution in [2.24, 2.45) is 5.92 Å². The number of rotatable bonds is 7. The number of benzene rings is 1. The summed E-state index contributed by atoms with van der Waals surface area (Å²) in [6.45, 7) is 6.10. The molecule has 1 saturated carbocycles. The Balaban J connectivity index is 1.97. The van der Waals surface area contributed by atoms with Crippen LogP contribution in [0.1, 0.15) is 64.5 Å². The van der Waals surface area contributed by atoms with Crippen LogP contribution in [0, 0.1) is 5.92 Å². The molecule has 152 valence electrons. The fourth-order valence-corrected chi connectivity index (χ4v) is 4.02. The third-order valence-electron chi connectivity index (χ3n) is 5.48. The molecule has 0 aliphatic heterocycles. The van der Waals surface area contributed by atoms with Crippen molar-refractivity contribution in [1.82, 2.24) is 10.3 Å². The van der Waals surface area contributed by atoms with Crippen molar-refractivity contribution in [3.63, 3.8) is 0 Å². The van der Waals surface area contributed by atoms with E-state index in [-0.39, 0.29) is 29.5 Å². The summed E-state index contributed by atoms with van der Waals surface area (Å²) < 4.78 is 5.65. The number of aromatic amines is 1. The van der Waals surface area contributed by atoms with Crippen molar-refractivity contribution in [3.05, 3.63) is 40.2 Å². The van der Waals surface area contributed by atoms with Gasteiger partial charge in [0.25, 0.3) is 0 Å². The van der Waals surface area contributed by atoms with E-state index in [0.717, 1.165) is 32.1 Å². The Morgan fingerprint density at radius 2 is 1.96 bits per heavy atom.